The molecule has 0 atom stereocenters. The molecule has 6 heteroatoms. The fraction of sp³-hybridized carbons (Fsp3) is 0.348. The smallest absolute Gasteiger partial charge is 0.346 e. The van der Waals surface area contributed by atoms with Crippen molar-refractivity contribution in [2.75, 3.05) is 0 Å². The maximum atomic E-state index is 12.8. The monoisotopic (exact) mass is 393 g/mol. The number of hydrogen-bond acceptors (Lipinski definition) is 3. The summed E-state index contributed by atoms with van der Waals surface area (Å²) in [6.45, 7) is 5.28. The molecule has 0 radical (unpaired) electrons. The van der Waals surface area contributed by atoms with Crippen LogP contribution in [0.25, 0.3) is 11.1 Å². The molecule has 0 saturated heterocycles. The number of rotatable bonds is 9. The molecule has 29 heavy (non-hydrogen) atoms. The highest BCUT2D eigenvalue weighted by atomic mass is 16.4. The van der Waals surface area contributed by atoms with Crippen molar-refractivity contribution in [1.29, 1.82) is 0 Å². The van der Waals surface area contributed by atoms with E-state index in [0.29, 0.717) is 18.7 Å². The van der Waals surface area contributed by atoms with Crippen LogP contribution in [0.15, 0.2) is 53.3 Å². The van der Waals surface area contributed by atoms with Crippen LogP contribution in [0.3, 0.4) is 0 Å². The first-order valence-electron chi connectivity index (χ1n) is 10.1. The third-order valence-electron chi connectivity index (χ3n) is 4.96. The van der Waals surface area contributed by atoms with Gasteiger partial charge in [0.05, 0.1) is 12.1 Å². The number of aromatic nitrogens is 3. The molecule has 2 aromatic carbocycles. The summed E-state index contributed by atoms with van der Waals surface area (Å²) in [4.78, 5) is 24.3. The Kier molecular flexibility index (Phi) is 6.65. The standard InChI is InChI=1S/C23H27N3O3/c1-3-5-15-26-23(29)25(21(24-26)8-4-2)16-17-11-13-18(14-12-17)19-9-6-7-10-20(19)22(27)28/h6-7,9-14H,3-5,8,15-16H2,1-2H3,(H,27,28). The predicted molar refractivity (Wildman–Crippen MR) is 113 cm³/mol. The van der Waals surface area contributed by atoms with E-state index in [1.807, 2.05) is 30.3 Å². The number of aryl methyl sites for hydroxylation is 2. The number of unbranched alkanes of at least 4 members (excludes halogenated alkanes) is 1. The zero-order valence-electron chi connectivity index (χ0n) is 17.0. The largest absolute Gasteiger partial charge is 0.478 e. The van der Waals surface area contributed by atoms with Crippen LogP contribution in [0.4, 0.5) is 0 Å². The molecule has 1 heterocycles. The van der Waals surface area contributed by atoms with Gasteiger partial charge in [-0.15, -0.1) is 0 Å². The normalized spacial score (nSPS) is 11.0. The number of nitrogens with zero attached hydrogens (tertiary/aromatic N) is 3. The molecule has 3 rings (SSSR count). The number of hydrogen-bond donors (Lipinski definition) is 1. The summed E-state index contributed by atoms with van der Waals surface area (Å²) >= 11 is 0. The maximum absolute atomic E-state index is 12.8. The minimum atomic E-state index is -0.945. The van der Waals surface area contributed by atoms with Crippen LogP contribution < -0.4 is 5.69 Å². The Morgan fingerprint density at radius 2 is 1.76 bits per heavy atom. The Bertz CT molecular complexity index is 1030. The van der Waals surface area contributed by atoms with Crippen molar-refractivity contribution in [2.45, 2.75) is 52.6 Å². The van der Waals surface area contributed by atoms with Crippen molar-refractivity contribution >= 4 is 5.97 Å². The van der Waals surface area contributed by atoms with E-state index in [1.165, 1.54) is 0 Å². The van der Waals surface area contributed by atoms with Gasteiger partial charge in [-0.2, -0.15) is 5.10 Å². The minimum Gasteiger partial charge on any atom is -0.478 e. The van der Waals surface area contributed by atoms with Crippen LogP contribution in [-0.4, -0.2) is 25.4 Å². The number of carboxylic acid groups (broad SMARTS) is 1. The van der Waals surface area contributed by atoms with Crippen LogP contribution >= 0.6 is 0 Å². The lowest BCUT2D eigenvalue weighted by molar-refractivity contribution is 0.0697. The lowest BCUT2D eigenvalue weighted by Gasteiger charge is -2.09. The summed E-state index contributed by atoms with van der Waals surface area (Å²) in [7, 11) is 0. The van der Waals surface area contributed by atoms with E-state index in [1.54, 1.807) is 27.4 Å². The molecule has 0 fully saturated rings. The van der Waals surface area contributed by atoms with Crippen molar-refractivity contribution in [3.05, 3.63) is 76.0 Å². The fourth-order valence-corrected chi connectivity index (χ4v) is 3.40. The lowest BCUT2D eigenvalue weighted by atomic mass is 9.99. The Balaban J connectivity index is 1.88. The summed E-state index contributed by atoms with van der Waals surface area (Å²) in [5.74, 6) is -0.131. The Morgan fingerprint density at radius 3 is 2.41 bits per heavy atom. The first-order chi connectivity index (χ1) is 14.0. The van der Waals surface area contributed by atoms with Gasteiger partial charge in [-0.25, -0.2) is 14.3 Å². The van der Waals surface area contributed by atoms with Crippen molar-refractivity contribution in [2.24, 2.45) is 0 Å². The quantitative estimate of drug-likeness (QED) is 0.591. The molecule has 0 unspecified atom stereocenters. The molecule has 3 aromatic rings. The number of benzene rings is 2. The van der Waals surface area contributed by atoms with Crippen molar-refractivity contribution in [1.82, 2.24) is 14.3 Å². The van der Waals surface area contributed by atoms with Gasteiger partial charge in [-0.3, -0.25) is 4.57 Å². The molecule has 1 N–H and O–H groups in total. The van der Waals surface area contributed by atoms with Crippen molar-refractivity contribution in [3.63, 3.8) is 0 Å². The van der Waals surface area contributed by atoms with Gasteiger partial charge in [-0.1, -0.05) is 62.7 Å². The minimum absolute atomic E-state index is 0.0674. The highest BCUT2D eigenvalue weighted by Gasteiger charge is 2.14. The van der Waals surface area contributed by atoms with E-state index in [9.17, 15) is 14.7 Å². The molecular weight excluding hydrogens is 366 g/mol. The fourth-order valence-electron chi connectivity index (χ4n) is 3.40. The predicted octanol–water partition coefficient (Wildman–Crippen LogP) is 4.21. The second-order valence-corrected chi connectivity index (χ2v) is 7.16. The summed E-state index contributed by atoms with van der Waals surface area (Å²) in [6.07, 6.45) is 3.63. The maximum Gasteiger partial charge on any atom is 0.346 e. The zero-order chi connectivity index (χ0) is 20.8. The van der Waals surface area contributed by atoms with Crippen molar-refractivity contribution < 1.29 is 9.90 Å². The van der Waals surface area contributed by atoms with E-state index >= 15 is 0 Å². The Morgan fingerprint density at radius 1 is 1.03 bits per heavy atom. The molecule has 0 amide bonds. The van der Waals surface area contributed by atoms with E-state index in [-0.39, 0.29) is 11.3 Å². The first-order valence-corrected chi connectivity index (χ1v) is 10.1. The molecule has 0 bridgehead atoms. The zero-order valence-corrected chi connectivity index (χ0v) is 17.0. The van der Waals surface area contributed by atoms with Gasteiger partial charge < -0.3 is 5.11 Å². The van der Waals surface area contributed by atoms with Gasteiger partial charge in [0.1, 0.15) is 5.82 Å². The van der Waals surface area contributed by atoms with Gasteiger partial charge >= 0.3 is 11.7 Å². The Labute approximate surface area is 170 Å². The summed E-state index contributed by atoms with van der Waals surface area (Å²) in [5, 5.41) is 13.9. The second kappa shape index (κ2) is 9.37. The number of carboxylic acids is 1. The van der Waals surface area contributed by atoms with E-state index in [0.717, 1.165) is 42.6 Å². The van der Waals surface area contributed by atoms with Crippen LogP contribution in [0, 0.1) is 0 Å². The highest BCUT2D eigenvalue weighted by Crippen LogP contribution is 2.24. The highest BCUT2D eigenvalue weighted by molar-refractivity contribution is 5.95. The number of carbonyl (C=O) groups is 1. The van der Waals surface area contributed by atoms with Gasteiger partial charge in [0.2, 0.25) is 0 Å². The average molecular weight is 393 g/mol. The van der Waals surface area contributed by atoms with E-state index in [4.69, 9.17) is 0 Å². The van der Waals surface area contributed by atoms with Crippen molar-refractivity contribution in [3.8, 4) is 11.1 Å². The van der Waals surface area contributed by atoms with Crippen LogP contribution in [0.5, 0.6) is 0 Å². The third-order valence-corrected chi connectivity index (χ3v) is 4.96. The van der Waals surface area contributed by atoms with Crippen LogP contribution in [-0.2, 0) is 19.5 Å². The average Bonchev–Trinajstić information content (AvgIpc) is 3.02. The summed E-state index contributed by atoms with van der Waals surface area (Å²) < 4.78 is 3.32. The van der Waals surface area contributed by atoms with Crippen LogP contribution in [0.1, 0.15) is 54.9 Å². The Hall–Kier alpha value is -3.15. The van der Waals surface area contributed by atoms with Gasteiger partial charge in [0.25, 0.3) is 0 Å². The molecule has 0 spiro atoms. The summed E-state index contributed by atoms with van der Waals surface area (Å²) in [6, 6.07) is 14.7. The topological polar surface area (TPSA) is 77.1 Å². The first kappa shape index (κ1) is 20.6. The molecule has 0 aliphatic rings. The number of aromatic carboxylic acids is 1. The second-order valence-electron chi connectivity index (χ2n) is 7.16. The molecule has 0 aliphatic carbocycles. The molecule has 152 valence electrons. The SMILES string of the molecule is CCCCn1nc(CCC)n(Cc2ccc(-c3ccccc3C(=O)O)cc2)c1=O. The van der Waals surface area contributed by atoms with E-state index in [2.05, 4.69) is 18.9 Å². The molecule has 0 aliphatic heterocycles. The molecule has 6 nitrogen and oxygen atoms in total. The lowest BCUT2D eigenvalue weighted by Crippen LogP contribution is -2.26. The third kappa shape index (κ3) is 4.65. The molecule has 0 saturated carbocycles. The summed E-state index contributed by atoms with van der Waals surface area (Å²) in [5.41, 5.74) is 2.71. The molecular formula is C23H27N3O3. The molecule has 1 aromatic heterocycles. The van der Waals surface area contributed by atoms with E-state index < -0.39 is 5.97 Å². The van der Waals surface area contributed by atoms with Gasteiger partial charge in [0.15, 0.2) is 0 Å². The van der Waals surface area contributed by atoms with Gasteiger partial charge in [0, 0.05) is 13.0 Å². The van der Waals surface area contributed by atoms with Gasteiger partial charge in [-0.05, 0) is 35.6 Å². The van der Waals surface area contributed by atoms with Crippen LogP contribution in [0.2, 0.25) is 0 Å².